The lowest BCUT2D eigenvalue weighted by molar-refractivity contribution is -0.193. The molecule has 0 radical (unpaired) electrons. The molecule has 9 rings (SSSR count). The minimum atomic E-state index is -0.271. The van der Waals surface area contributed by atoms with Gasteiger partial charge in [-0.1, -0.05) is 122 Å². The van der Waals surface area contributed by atoms with Gasteiger partial charge in [0, 0.05) is 28.7 Å². The van der Waals surface area contributed by atoms with Crippen LogP contribution in [0.1, 0.15) is 164 Å². The van der Waals surface area contributed by atoms with Gasteiger partial charge in [-0.05, 0) is 183 Å². The van der Waals surface area contributed by atoms with Crippen molar-refractivity contribution in [3.63, 3.8) is 0 Å². The molecule has 4 aromatic carbocycles. The number of nitrogens with one attached hydrogen (secondary N) is 1. The monoisotopic (exact) mass is 1090 g/mol. The van der Waals surface area contributed by atoms with E-state index in [1.54, 1.807) is 11.6 Å². The van der Waals surface area contributed by atoms with Crippen LogP contribution in [0, 0.1) is 29.3 Å². The van der Waals surface area contributed by atoms with Gasteiger partial charge in [0.25, 0.3) is 5.91 Å². The summed E-state index contributed by atoms with van der Waals surface area (Å²) < 4.78 is 13.8. The highest BCUT2D eigenvalue weighted by Gasteiger charge is 2.54. The topological polar surface area (TPSA) is 173 Å². The van der Waals surface area contributed by atoms with E-state index >= 15 is 0 Å². The Balaban J connectivity index is 0.000000200. The number of amides is 1. The van der Waals surface area contributed by atoms with Crippen molar-refractivity contribution in [1.29, 1.82) is 0 Å². The average molecular weight is 1090 g/mol. The number of hydrogen-bond donors (Lipinski definition) is 3. The molecule has 11 nitrogen and oxygen atoms in total. The van der Waals surface area contributed by atoms with E-state index in [1.165, 1.54) is 114 Å². The lowest BCUT2D eigenvalue weighted by atomic mass is 9.70. The van der Waals surface area contributed by atoms with Crippen LogP contribution in [-0.4, -0.2) is 72.3 Å². The van der Waals surface area contributed by atoms with Crippen LogP contribution < -0.4 is 5.32 Å². The zero-order valence-corrected chi connectivity index (χ0v) is 45.0. The maximum Gasteiger partial charge on any atom is 0.491 e. The smallest absolute Gasteiger partial charge is 0.400 e. The second-order valence-corrected chi connectivity index (χ2v) is 21.3. The van der Waals surface area contributed by atoms with E-state index in [9.17, 15) is 9.59 Å². The number of fused-ring (bicyclic) bond motifs is 2. The van der Waals surface area contributed by atoms with Crippen molar-refractivity contribution < 1.29 is 48.3 Å². The fourth-order valence-electron chi connectivity index (χ4n) is 10.6. The van der Waals surface area contributed by atoms with Gasteiger partial charge < -0.3 is 24.8 Å². The van der Waals surface area contributed by atoms with Crippen molar-refractivity contribution in [2.24, 2.45) is 11.8 Å². The third kappa shape index (κ3) is 14.8. The number of carbonyl (C=O) groups excluding carboxylic acids is 6. The van der Waals surface area contributed by atoms with E-state index in [1.807, 2.05) is 30.3 Å². The summed E-state index contributed by atoms with van der Waals surface area (Å²) in [5.41, 5.74) is 16.2. The Hall–Kier alpha value is -5.11. The Morgan fingerprint density at radius 2 is 1.14 bits per heavy atom. The molecule has 0 unspecified atom stereocenters. The number of aliphatic hydroxyl groups excluding tert-OH is 2. The second kappa shape index (κ2) is 27.8. The number of benzene rings is 4. The minimum absolute atomic E-state index is 0.0326. The molecule has 4 aliphatic carbocycles. The summed E-state index contributed by atoms with van der Waals surface area (Å²) in [6.07, 6.45) is 16.5. The molecule has 4 aromatic rings. The number of halogens is 1. The molecule has 1 saturated heterocycles. The molecular formula is C59H71BINO10. The van der Waals surface area contributed by atoms with Crippen LogP contribution in [0.15, 0.2) is 90.4 Å². The Morgan fingerprint density at radius 3 is 1.67 bits per heavy atom. The van der Waals surface area contributed by atoms with Crippen molar-refractivity contribution in [2.75, 3.05) is 19.8 Å². The third-order valence-corrected chi connectivity index (χ3v) is 15.7. The van der Waals surface area contributed by atoms with Crippen LogP contribution in [0.25, 0.3) is 16.7 Å². The first-order valence-corrected chi connectivity index (χ1v) is 26.5. The number of carbonyl (C=O) groups is 2. The Bertz CT molecular complexity index is 2600. The highest BCUT2D eigenvalue weighted by atomic mass is 127. The fraction of sp³-hybridized carbons (Fsp3) is 0.458. The fourth-order valence-corrected chi connectivity index (χ4v) is 11.3. The lowest BCUT2D eigenvalue weighted by Crippen LogP contribution is -2.41. The number of aliphatic hydroxyl groups is 2. The molecule has 2 saturated carbocycles. The summed E-state index contributed by atoms with van der Waals surface area (Å²) in [6, 6.07) is 29.2. The molecular weight excluding hydrogens is 1020 g/mol. The molecule has 1 amide bonds. The maximum absolute atomic E-state index is 12.9. The predicted molar refractivity (Wildman–Crippen MR) is 288 cm³/mol. The SMILES string of the molecule is Cc1ccc2c(c1)CC(B1OC(C)(C)C(C)(C)O1)=C2C1CCCCC1.Cc1ccc2c(c1)CC(c1ccccc1C(=O)CCCO)=C2C1CCCCC1.O=C(NCCO)c1ccccc1I.O=C=O.O=C=O. The largest absolute Gasteiger partial charge is 0.491 e. The quantitative estimate of drug-likeness (QED) is 0.0745. The molecule has 72 heavy (non-hydrogen) atoms. The van der Waals surface area contributed by atoms with Gasteiger partial charge in [0.2, 0.25) is 0 Å². The lowest BCUT2D eigenvalue weighted by Gasteiger charge is -2.32. The van der Waals surface area contributed by atoms with Crippen molar-refractivity contribution in [3.05, 3.63) is 144 Å². The highest BCUT2D eigenvalue weighted by molar-refractivity contribution is 14.1. The summed E-state index contributed by atoms with van der Waals surface area (Å²) >= 11 is 2.10. The van der Waals surface area contributed by atoms with Gasteiger partial charge in [-0.2, -0.15) is 19.2 Å². The van der Waals surface area contributed by atoms with Crippen LogP contribution in [0.4, 0.5) is 0 Å². The zero-order chi connectivity index (χ0) is 52.4. The molecule has 13 heteroatoms. The van der Waals surface area contributed by atoms with E-state index in [-0.39, 0.29) is 55.5 Å². The first-order chi connectivity index (χ1) is 34.6. The van der Waals surface area contributed by atoms with Gasteiger partial charge in [-0.25, -0.2) is 0 Å². The van der Waals surface area contributed by atoms with Crippen molar-refractivity contribution in [1.82, 2.24) is 5.32 Å². The van der Waals surface area contributed by atoms with Crippen molar-refractivity contribution in [2.45, 2.75) is 143 Å². The molecule has 382 valence electrons. The van der Waals surface area contributed by atoms with Crippen molar-refractivity contribution in [3.8, 4) is 0 Å². The second-order valence-electron chi connectivity index (χ2n) is 20.2. The van der Waals surface area contributed by atoms with E-state index in [0.29, 0.717) is 36.8 Å². The summed E-state index contributed by atoms with van der Waals surface area (Å²) in [5, 5.41) is 20.2. The average Bonchev–Trinajstić information content (AvgIpc) is 4.01. The Labute approximate surface area is 439 Å². The molecule has 0 atom stereocenters. The summed E-state index contributed by atoms with van der Waals surface area (Å²) in [6.45, 7) is 13.3. The number of hydrogen-bond acceptors (Lipinski definition) is 10. The summed E-state index contributed by atoms with van der Waals surface area (Å²) in [7, 11) is -0.199. The first-order valence-electron chi connectivity index (χ1n) is 25.4. The van der Waals surface area contributed by atoms with Crippen LogP contribution >= 0.6 is 22.6 Å². The summed E-state index contributed by atoms with van der Waals surface area (Å²) in [5.74, 6) is 1.28. The number of allylic oxidation sites excluding steroid dienone is 4. The highest BCUT2D eigenvalue weighted by Crippen LogP contribution is 2.49. The molecule has 0 aromatic heterocycles. The molecule has 5 aliphatic rings. The van der Waals surface area contributed by atoms with Crippen LogP contribution in [-0.2, 0) is 41.3 Å². The van der Waals surface area contributed by atoms with Gasteiger partial charge in [-0.3, -0.25) is 9.59 Å². The normalized spacial score (nSPS) is 17.5. The van der Waals surface area contributed by atoms with E-state index in [4.69, 9.17) is 38.7 Å². The van der Waals surface area contributed by atoms with Gasteiger partial charge >= 0.3 is 19.4 Å². The van der Waals surface area contributed by atoms with Gasteiger partial charge in [-0.15, -0.1) is 0 Å². The molecule has 0 bridgehead atoms. The van der Waals surface area contributed by atoms with Crippen LogP contribution in [0.3, 0.4) is 0 Å². The van der Waals surface area contributed by atoms with E-state index in [2.05, 4.69) is 118 Å². The molecule has 3 fully saturated rings. The van der Waals surface area contributed by atoms with Crippen LogP contribution in [0.2, 0.25) is 0 Å². The number of rotatable bonds is 11. The predicted octanol–water partition coefficient (Wildman–Crippen LogP) is 11.4. The first kappa shape index (κ1) is 57.8. The molecule has 1 heterocycles. The van der Waals surface area contributed by atoms with E-state index in [0.717, 1.165) is 27.5 Å². The number of Topliss-reactive ketones (excluding diaryl/α,β-unsaturated/α-hetero) is 1. The zero-order valence-electron chi connectivity index (χ0n) is 42.9. The molecule has 0 spiro atoms. The standard InChI is InChI=1S/C26H30O2.C22H31BO2.C9H10INO2.2CO2/c1-18-13-14-21-20(16-18)17-24(26(21)19-8-3-2-4-9-19)22-10-5-6-11-23(22)25(28)12-7-15-27;1-15-11-12-18-17(13-15)14-19(20(18)16-9-7-6-8-10-16)23-24-21(2,3)22(4,5)25-23;10-8-4-2-1-3-7(8)9(13)11-5-6-12;2*2-1-3/h5-6,10-11,13-14,16,19,27H,2-4,7-9,12,15,17H2,1H3;11-13,16H,6-10,14H2,1-5H3;1-4,12H,5-6H2,(H,11,13);;. The number of ketones is 1. The van der Waals surface area contributed by atoms with Gasteiger partial charge in [0.05, 0.1) is 23.4 Å². The molecule has 1 aliphatic heterocycles. The Morgan fingerprint density at radius 1 is 0.653 bits per heavy atom. The Kier molecular flexibility index (Phi) is 22.3. The maximum atomic E-state index is 12.9. The van der Waals surface area contributed by atoms with E-state index < -0.39 is 0 Å². The van der Waals surface area contributed by atoms with Gasteiger partial charge in [0.15, 0.2) is 5.78 Å². The minimum Gasteiger partial charge on any atom is -0.400 e. The third-order valence-electron chi connectivity index (χ3n) is 14.7. The molecule has 3 N–H and O–H groups in total. The summed E-state index contributed by atoms with van der Waals surface area (Å²) in [4.78, 5) is 56.8. The van der Waals surface area contributed by atoms with Crippen LogP contribution in [0.5, 0.6) is 0 Å². The van der Waals surface area contributed by atoms with Gasteiger partial charge in [0.1, 0.15) is 0 Å². The van der Waals surface area contributed by atoms with Crippen molar-refractivity contribution >= 4 is 70.4 Å². The number of aryl methyl sites for hydroxylation is 2.